The van der Waals surface area contributed by atoms with Gasteiger partial charge in [0.05, 0.1) is 12.7 Å². The summed E-state index contributed by atoms with van der Waals surface area (Å²) in [5, 5.41) is 4.04. The third kappa shape index (κ3) is 5.19. The Hall–Kier alpha value is -2.92. The van der Waals surface area contributed by atoms with Crippen LogP contribution in [-0.2, 0) is 0 Å². The zero-order valence-electron chi connectivity index (χ0n) is 17.2. The minimum absolute atomic E-state index is 0.0427. The minimum Gasteiger partial charge on any atom is -0.497 e. The first kappa shape index (κ1) is 23.2. The van der Waals surface area contributed by atoms with Crippen molar-refractivity contribution in [3.05, 3.63) is 59.4 Å². The summed E-state index contributed by atoms with van der Waals surface area (Å²) in [6.07, 6.45) is -2.71. The van der Waals surface area contributed by atoms with Crippen molar-refractivity contribution >= 4 is 29.5 Å². The molecule has 1 amide bonds. The second-order valence-corrected chi connectivity index (χ2v) is 8.62. The molecule has 0 aliphatic heterocycles. The molecular formula is C21H18ClF3N4O3S. The minimum atomic E-state index is -4.30. The molecule has 0 atom stereocenters. The van der Waals surface area contributed by atoms with Gasteiger partial charge in [0.25, 0.3) is 5.91 Å². The van der Waals surface area contributed by atoms with Crippen LogP contribution in [0, 0.1) is 5.41 Å². The number of nitrogens with one attached hydrogen (secondary N) is 1. The van der Waals surface area contributed by atoms with Gasteiger partial charge >= 0.3 is 6.18 Å². The molecule has 7 nitrogen and oxygen atoms in total. The van der Waals surface area contributed by atoms with E-state index in [4.69, 9.17) is 21.1 Å². The van der Waals surface area contributed by atoms with Gasteiger partial charge in [-0.3, -0.25) is 9.52 Å². The third-order valence-corrected chi connectivity index (χ3v) is 6.23. The van der Waals surface area contributed by atoms with E-state index in [1.54, 1.807) is 31.4 Å². The van der Waals surface area contributed by atoms with E-state index < -0.39 is 24.1 Å². The van der Waals surface area contributed by atoms with E-state index in [2.05, 4.69) is 14.8 Å². The zero-order chi connectivity index (χ0) is 23.6. The van der Waals surface area contributed by atoms with Crippen molar-refractivity contribution in [2.75, 3.05) is 13.7 Å². The number of carbonyl (C=O) groups excluding carboxylic acids is 1. The quantitative estimate of drug-likeness (QED) is 0.344. The van der Waals surface area contributed by atoms with Crippen molar-refractivity contribution in [3.63, 3.8) is 0 Å². The summed E-state index contributed by atoms with van der Waals surface area (Å²) in [6.45, 7) is -0.479. The molecule has 174 valence electrons. The van der Waals surface area contributed by atoms with Gasteiger partial charge in [-0.15, -0.1) is 5.10 Å². The number of hydrogen-bond acceptors (Lipinski definition) is 6. The number of methoxy groups -OCH3 is 1. The Morgan fingerprint density at radius 1 is 1.21 bits per heavy atom. The molecule has 1 aliphatic rings. The number of ether oxygens (including phenoxy) is 2. The average molecular weight is 499 g/mol. The topological polar surface area (TPSA) is 78.3 Å². The zero-order valence-corrected chi connectivity index (χ0v) is 18.8. The number of nitrogens with zero attached hydrogens (tertiary/aromatic N) is 3. The predicted octanol–water partition coefficient (Wildman–Crippen LogP) is 5.09. The Bertz CT molecular complexity index is 1150. The smallest absolute Gasteiger partial charge is 0.397 e. The number of hydrogen-bond donors (Lipinski definition) is 1. The molecular weight excluding hydrogens is 481 g/mol. The summed E-state index contributed by atoms with van der Waals surface area (Å²) < 4.78 is 53.4. The number of carbonyl (C=O) groups is 1. The largest absolute Gasteiger partial charge is 0.497 e. The lowest BCUT2D eigenvalue weighted by Crippen LogP contribution is -2.30. The number of pyridine rings is 1. The Labute approximate surface area is 196 Å². The molecule has 4 rings (SSSR count). The molecule has 0 saturated heterocycles. The number of benzene rings is 1. The lowest BCUT2D eigenvalue weighted by molar-refractivity contribution is -0.194. The van der Waals surface area contributed by atoms with E-state index >= 15 is 0 Å². The first-order valence-corrected chi connectivity index (χ1v) is 10.9. The number of alkyl halides is 3. The predicted molar refractivity (Wildman–Crippen MR) is 116 cm³/mol. The Morgan fingerprint density at radius 2 is 1.94 bits per heavy atom. The van der Waals surface area contributed by atoms with Gasteiger partial charge < -0.3 is 9.47 Å². The van der Waals surface area contributed by atoms with Crippen LogP contribution in [0.3, 0.4) is 0 Å². The first-order valence-electron chi connectivity index (χ1n) is 9.74. The van der Waals surface area contributed by atoms with Gasteiger partial charge in [0.2, 0.25) is 5.88 Å². The highest BCUT2D eigenvalue weighted by Crippen LogP contribution is 2.57. The standard InChI is InChI=1S/C21H18ClF3N4O3S/c1-31-13-2-4-14(5-3-13)33-28-19(30)15-6-7-16(26-18(15)22)29-11-8-17(27-29)32-12-20(9-10-20)21(23,24)25/h2-8,11H,9-10,12H2,1H3,(H,28,30). The average Bonchev–Trinajstić information content (AvgIpc) is 3.46. The summed E-state index contributed by atoms with van der Waals surface area (Å²) in [4.78, 5) is 17.4. The van der Waals surface area contributed by atoms with Crippen molar-refractivity contribution in [2.24, 2.45) is 5.41 Å². The molecule has 0 spiro atoms. The molecule has 1 aromatic carbocycles. The van der Waals surface area contributed by atoms with Crippen molar-refractivity contribution < 1.29 is 27.4 Å². The molecule has 2 aromatic heterocycles. The maximum atomic E-state index is 13.0. The van der Waals surface area contributed by atoms with E-state index in [0.29, 0.717) is 5.75 Å². The summed E-state index contributed by atoms with van der Waals surface area (Å²) in [6, 6.07) is 11.6. The monoisotopic (exact) mass is 498 g/mol. The molecule has 3 aromatic rings. The molecule has 0 radical (unpaired) electrons. The molecule has 1 aliphatic carbocycles. The SMILES string of the molecule is COc1ccc(SNC(=O)c2ccc(-n3ccc(OCC4(C(F)(F)F)CC4)n3)nc2Cl)cc1. The van der Waals surface area contributed by atoms with Crippen molar-refractivity contribution in [1.29, 1.82) is 0 Å². The van der Waals surface area contributed by atoms with Crippen LogP contribution in [0.5, 0.6) is 11.6 Å². The van der Waals surface area contributed by atoms with E-state index in [-0.39, 0.29) is 35.3 Å². The first-order chi connectivity index (χ1) is 15.7. The number of halogens is 4. The van der Waals surface area contributed by atoms with Gasteiger partial charge in [-0.1, -0.05) is 11.6 Å². The number of aromatic nitrogens is 3. The van der Waals surface area contributed by atoms with Crippen molar-refractivity contribution in [2.45, 2.75) is 23.9 Å². The van der Waals surface area contributed by atoms with Crippen LogP contribution in [0.25, 0.3) is 5.82 Å². The van der Waals surface area contributed by atoms with Gasteiger partial charge in [0.1, 0.15) is 22.9 Å². The fourth-order valence-electron chi connectivity index (χ4n) is 2.91. The van der Waals surface area contributed by atoms with E-state index in [1.807, 2.05) is 0 Å². The maximum absolute atomic E-state index is 13.0. The summed E-state index contributed by atoms with van der Waals surface area (Å²) in [7, 11) is 1.57. The van der Waals surface area contributed by atoms with Gasteiger partial charge in [0.15, 0.2) is 5.82 Å². The second kappa shape index (κ2) is 9.14. The molecule has 1 fully saturated rings. The Kier molecular flexibility index (Phi) is 6.44. The number of rotatable bonds is 8. The van der Waals surface area contributed by atoms with Crippen LogP contribution < -0.4 is 14.2 Å². The molecule has 1 N–H and O–H groups in total. The molecule has 0 bridgehead atoms. The third-order valence-electron chi connectivity index (χ3n) is 5.15. The summed E-state index contributed by atoms with van der Waals surface area (Å²) in [5.74, 6) is 0.589. The molecule has 12 heteroatoms. The van der Waals surface area contributed by atoms with E-state index in [0.717, 1.165) is 16.8 Å². The highest BCUT2D eigenvalue weighted by Gasteiger charge is 2.64. The van der Waals surface area contributed by atoms with Gasteiger partial charge in [-0.25, -0.2) is 9.67 Å². The van der Waals surface area contributed by atoms with Crippen LogP contribution in [0.15, 0.2) is 53.6 Å². The van der Waals surface area contributed by atoms with Gasteiger partial charge in [0, 0.05) is 17.2 Å². The van der Waals surface area contributed by atoms with Crippen LogP contribution in [0.4, 0.5) is 13.2 Å². The van der Waals surface area contributed by atoms with Crippen LogP contribution in [-0.4, -0.2) is 40.6 Å². The second-order valence-electron chi connectivity index (χ2n) is 7.38. The summed E-state index contributed by atoms with van der Waals surface area (Å²) >= 11 is 7.30. The normalized spacial score (nSPS) is 14.6. The lowest BCUT2D eigenvalue weighted by Gasteiger charge is -2.18. The lowest BCUT2D eigenvalue weighted by atomic mass is 10.1. The van der Waals surface area contributed by atoms with Crippen molar-refractivity contribution in [1.82, 2.24) is 19.5 Å². The number of amides is 1. The molecule has 1 saturated carbocycles. The highest BCUT2D eigenvalue weighted by atomic mass is 35.5. The highest BCUT2D eigenvalue weighted by molar-refractivity contribution is 7.98. The van der Waals surface area contributed by atoms with Crippen LogP contribution in [0.2, 0.25) is 5.15 Å². The molecule has 0 unspecified atom stereocenters. The fraction of sp³-hybridized carbons (Fsp3) is 0.286. The maximum Gasteiger partial charge on any atom is 0.397 e. The van der Waals surface area contributed by atoms with E-state index in [1.165, 1.54) is 29.1 Å². The Balaban J connectivity index is 1.37. The molecule has 2 heterocycles. The summed E-state index contributed by atoms with van der Waals surface area (Å²) in [5.41, 5.74) is -1.62. The van der Waals surface area contributed by atoms with Crippen LogP contribution >= 0.6 is 23.5 Å². The van der Waals surface area contributed by atoms with Gasteiger partial charge in [-0.05, 0) is 61.2 Å². The van der Waals surface area contributed by atoms with Crippen LogP contribution in [0.1, 0.15) is 23.2 Å². The molecule has 33 heavy (non-hydrogen) atoms. The Morgan fingerprint density at radius 3 is 2.55 bits per heavy atom. The van der Waals surface area contributed by atoms with Gasteiger partial charge in [-0.2, -0.15) is 13.2 Å². The fourth-order valence-corrected chi connectivity index (χ4v) is 3.74. The van der Waals surface area contributed by atoms with E-state index in [9.17, 15) is 18.0 Å². The van der Waals surface area contributed by atoms with Crippen molar-refractivity contribution in [3.8, 4) is 17.4 Å².